The van der Waals surface area contributed by atoms with E-state index < -0.39 is 39.4 Å². The largest absolute Gasteiger partial charge is 0.366 e. The van der Waals surface area contributed by atoms with Crippen molar-refractivity contribution in [3.05, 3.63) is 27.7 Å². The van der Waals surface area contributed by atoms with E-state index in [1.807, 2.05) is 13.0 Å². The van der Waals surface area contributed by atoms with Crippen molar-refractivity contribution < 1.29 is 22.7 Å². The Labute approximate surface area is 190 Å². The van der Waals surface area contributed by atoms with E-state index >= 15 is 0 Å². The summed E-state index contributed by atoms with van der Waals surface area (Å²) in [7, 11) is -3.46. The van der Waals surface area contributed by atoms with E-state index in [1.165, 1.54) is 12.1 Å². The summed E-state index contributed by atoms with van der Waals surface area (Å²) >= 11 is 12.5. The fraction of sp³-hybridized carbons (Fsp3) is 0.600. The van der Waals surface area contributed by atoms with Crippen molar-refractivity contribution in [2.45, 2.75) is 50.2 Å². The first-order valence-corrected chi connectivity index (χ1v) is 12.5. The molecule has 6 atom stereocenters. The second kappa shape index (κ2) is 6.80. The lowest BCUT2D eigenvalue weighted by Gasteiger charge is -2.45. The van der Waals surface area contributed by atoms with Crippen LogP contribution in [0.2, 0.25) is 10.0 Å². The molecular weight excluding hydrogens is 465 g/mol. The Morgan fingerprint density at radius 2 is 2.03 bits per heavy atom. The third kappa shape index (κ3) is 2.82. The van der Waals surface area contributed by atoms with Crippen LogP contribution >= 0.6 is 23.2 Å². The van der Waals surface area contributed by atoms with Crippen molar-refractivity contribution in [3.8, 4) is 6.07 Å². The zero-order valence-electron chi connectivity index (χ0n) is 16.9. The molecule has 5 rings (SSSR count). The molecule has 1 spiro atoms. The summed E-state index contributed by atoms with van der Waals surface area (Å²) in [6.45, 7) is 3.77. The summed E-state index contributed by atoms with van der Waals surface area (Å²) in [4.78, 5) is 15.2. The van der Waals surface area contributed by atoms with Crippen LogP contribution in [-0.2, 0) is 24.3 Å². The molecule has 4 saturated heterocycles. The number of nitrogens with zero attached hydrogens (tertiary/aromatic N) is 2. The maximum Gasteiger partial charge on any atom is 0.235 e. The van der Waals surface area contributed by atoms with E-state index in [2.05, 4.69) is 4.72 Å². The molecule has 4 aliphatic rings. The zero-order chi connectivity index (χ0) is 22.3. The third-order valence-electron chi connectivity index (χ3n) is 7.17. The van der Waals surface area contributed by atoms with Crippen molar-refractivity contribution in [3.63, 3.8) is 0 Å². The van der Waals surface area contributed by atoms with Crippen LogP contribution in [0.1, 0.15) is 32.3 Å². The lowest BCUT2D eigenvalue weighted by molar-refractivity contribution is -0.143. The summed E-state index contributed by atoms with van der Waals surface area (Å²) in [5, 5.41) is 9.54. The van der Waals surface area contributed by atoms with E-state index in [1.54, 1.807) is 11.8 Å². The van der Waals surface area contributed by atoms with Crippen molar-refractivity contribution in [2.75, 3.05) is 17.3 Å². The minimum Gasteiger partial charge on any atom is -0.366 e. The molecule has 1 aromatic carbocycles. The van der Waals surface area contributed by atoms with E-state index in [0.717, 1.165) is 0 Å². The minimum absolute atomic E-state index is 0.0301. The average Bonchev–Trinajstić information content (AvgIpc) is 3.25. The second-order valence-corrected chi connectivity index (χ2v) is 11.6. The fourth-order valence-corrected chi connectivity index (χ4v) is 7.41. The second-order valence-electron chi connectivity index (χ2n) is 8.77. The van der Waals surface area contributed by atoms with Gasteiger partial charge in [-0.1, -0.05) is 23.2 Å². The quantitative estimate of drug-likeness (QED) is 0.701. The minimum atomic E-state index is -3.46. The fourth-order valence-electron chi connectivity index (χ4n) is 5.96. The van der Waals surface area contributed by atoms with Crippen molar-refractivity contribution in [1.82, 2.24) is 4.72 Å². The number of benzene rings is 1. The van der Waals surface area contributed by atoms with Crippen LogP contribution in [0.15, 0.2) is 12.1 Å². The highest BCUT2D eigenvalue weighted by atomic mass is 35.5. The molecule has 4 fully saturated rings. The molecule has 0 aromatic heterocycles. The lowest BCUT2D eigenvalue weighted by atomic mass is 9.64. The number of hydrogen-bond acceptors (Lipinski definition) is 6. The molecule has 8 nitrogen and oxygen atoms in total. The number of nitriles is 1. The molecular formula is C20H21Cl2N3O5S. The molecule has 0 unspecified atom stereocenters. The normalized spacial score (nSPS) is 38.4. The molecule has 1 amide bonds. The van der Waals surface area contributed by atoms with Crippen molar-refractivity contribution in [2.24, 2.45) is 11.8 Å². The highest BCUT2D eigenvalue weighted by molar-refractivity contribution is 7.89. The van der Waals surface area contributed by atoms with Gasteiger partial charge >= 0.3 is 0 Å². The van der Waals surface area contributed by atoms with Crippen molar-refractivity contribution >= 4 is 44.8 Å². The maximum absolute atomic E-state index is 13.6. The SMILES string of the molecule is CCS(=O)(=O)N[C@H]1C[C@]2(C)O[C@@]13CCO[C@H]1[C@@H]3[C@@H]2C(=O)N1c1cc(Cl)c(C#N)c(Cl)c1. The van der Waals surface area contributed by atoms with Gasteiger partial charge in [0.1, 0.15) is 12.3 Å². The molecule has 0 aliphatic carbocycles. The molecule has 0 radical (unpaired) electrons. The van der Waals surface area contributed by atoms with Crippen LogP contribution in [0.25, 0.3) is 0 Å². The Morgan fingerprint density at radius 1 is 1.35 bits per heavy atom. The number of carbonyl (C=O) groups is 1. The molecule has 166 valence electrons. The number of rotatable bonds is 4. The van der Waals surface area contributed by atoms with Gasteiger partial charge in [0.2, 0.25) is 15.9 Å². The Bertz CT molecular complexity index is 1120. The zero-order valence-corrected chi connectivity index (χ0v) is 19.2. The van der Waals surface area contributed by atoms with Gasteiger partial charge in [-0.15, -0.1) is 0 Å². The first kappa shape index (κ1) is 21.4. The Kier molecular flexibility index (Phi) is 4.70. The smallest absolute Gasteiger partial charge is 0.235 e. The number of amides is 1. The van der Waals surface area contributed by atoms with Gasteiger partial charge in [-0.2, -0.15) is 5.26 Å². The first-order chi connectivity index (χ1) is 14.6. The number of anilines is 1. The van der Waals surface area contributed by atoms with Crippen LogP contribution in [-0.4, -0.2) is 50.2 Å². The van der Waals surface area contributed by atoms with E-state index in [0.29, 0.717) is 25.1 Å². The Morgan fingerprint density at radius 3 is 2.65 bits per heavy atom. The standard InChI is InChI=1S/C20H21Cl2N3O5S/c1-3-31(27,28)24-14-8-19(2)15-16-18(29-5-4-20(14,16)30-19)25(17(15)26)10-6-12(21)11(9-23)13(22)7-10/h6-7,14-16,18,24H,3-5,8H2,1-2H3/t14-,15+,16-,18-,19-,20-/m0/s1. The number of sulfonamides is 1. The third-order valence-corrected chi connectivity index (χ3v) is 9.17. The van der Waals surface area contributed by atoms with Gasteiger partial charge in [0.25, 0.3) is 0 Å². The number of carbonyl (C=O) groups excluding carboxylic acids is 1. The van der Waals surface area contributed by atoms with Crippen LogP contribution in [0.4, 0.5) is 5.69 Å². The van der Waals surface area contributed by atoms with Crippen LogP contribution in [0.3, 0.4) is 0 Å². The van der Waals surface area contributed by atoms with Gasteiger partial charge in [-0.05, 0) is 32.4 Å². The molecule has 31 heavy (non-hydrogen) atoms. The Balaban J connectivity index is 1.58. The summed E-state index contributed by atoms with van der Waals surface area (Å²) in [6.07, 6.45) is 0.268. The topological polar surface area (TPSA) is 109 Å². The molecule has 1 aromatic rings. The molecule has 4 heterocycles. The predicted molar refractivity (Wildman–Crippen MR) is 113 cm³/mol. The van der Waals surface area contributed by atoms with Gasteiger partial charge in [0.15, 0.2) is 0 Å². The van der Waals surface area contributed by atoms with Crippen molar-refractivity contribution in [1.29, 1.82) is 5.26 Å². The molecule has 2 bridgehead atoms. The van der Waals surface area contributed by atoms with Gasteiger partial charge in [-0.3, -0.25) is 9.69 Å². The number of fused-ring (bicyclic) bond motifs is 2. The average molecular weight is 486 g/mol. The highest BCUT2D eigenvalue weighted by Crippen LogP contribution is 2.65. The Hall–Kier alpha value is -1.41. The van der Waals surface area contributed by atoms with Gasteiger partial charge in [0, 0.05) is 18.0 Å². The van der Waals surface area contributed by atoms with Crippen LogP contribution in [0, 0.1) is 23.2 Å². The number of halogens is 2. The van der Waals surface area contributed by atoms with Gasteiger partial charge in [-0.25, -0.2) is 13.1 Å². The summed E-state index contributed by atoms with van der Waals surface area (Å²) < 4.78 is 40.0. The summed E-state index contributed by atoms with van der Waals surface area (Å²) in [5.74, 6) is -1.02. The summed E-state index contributed by atoms with van der Waals surface area (Å²) in [5.41, 5.74) is -1.05. The maximum atomic E-state index is 13.6. The van der Waals surface area contributed by atoms with E-state index in [-0.39, 0.29) is 33.2 Å². The van der Waals surface area contributed by atoms with Crippen LogP contribution < -0.4 is 9.62 Å². The lowest BCUT2D eigenvalue weighted by Crippen LogP contribution is -2.61. The molecule has 11 heteroatoms. The molecule has 4 aliphatic heterocycles. The number of ether oxygens (including phenoxy) is 2. The van der Waals surface area contributed by atoms with Gasteiger partial charge in [0.05, 0.1) is 51.1 Å². The predicted octanol–water partition coefficient (Wildman–Crippen LogP) is 2.43. The molecule has 0 saturated carbocycles. The van der Waals surface area contributed by atoms with Gasteiger partial charge < -0.3 is 9.47 Å². The monoisotopic (exact) mass is 485 g/mol. The first-order valence-electron chi connectivity index (χ1n) is 10.1. The van der Waals surface area contributed by atoms with Crippen LogP contribution in [0.5, 0.6) is 0 Å². The number of nitrogens with one attached hydrogen (secondary N) is 1. The highest BCUT2D eigenvalue weighted by Gasteiger charge is 2.78. The summed E-state index contributed by atoms with van der Waals surface area (Å²) in [6, 6.07) is 4.60. The number of hydrogen-bond donors (Lipinski definition) is 1. The van der Waals surface area contributed by atoms with E-state index in [4.69, 9.17) is 32.7 Å². The molecule has 1 N–H and O–H groups in total. The van der Waals surface area contributed by atoms with E-state index in [9.17, 15) is 18.5 Å².